The van der Waals surface area contributed by atoms with Crippen molar-refractivity contribution >= 4 is 29.6 Å². The third-order valence-corrected chi connectivity index (χ3v) is 4.92. The molecule has 142 valence electrons. The highest BCUT2D eigenvalue weighted by Gasteiger charge is 2.35. The maximum atomic E-state index is 12.5. The Balaban J connectivity index is 1.86. The summed E-state index contributed by atoms with van der Waals surface area (Å²) in [7, 11) is 3.25. The van der Waals surface area contributed by atoms with Gasteiger partial charge in [-0.2, -0.15) is 4.68 Å². The first-order valence-corrected chi connectivity index (χ1v) is 9.37. The van der Waals surface area contributed by atoms with E-state index >= 15 is 0 Å². The van der Waals surface area contributed by atoms with Crippen molar-refractivity contribution in [1.29, 1.82) is 0 Å². The van der Waals surface area contributed by atoms with E-state index in [4.69, 9.17) is 0 Å². The molecule has 2 aromatic rings. The summed E-state index contributed by atoms with van der Waals surface area (Å²) in [6, 6.07) is 6.37. The smallest absolute Gasteiger partial charge is 0.329 e. The number of fused-ring (bicyclic) bond motifs is 1. The predicted molar refractivity (Wildman–Crippen MR) is 101 cm³/mol. The molecular formula is C18H21N5O3S. The lowest BCUT2D eigenvalue weighted by Gasteiger charge is -2.14. The average Bonchev–Trinajstić information content (AvgIpc) is 3.14. The molecule has 0 radical (unpaired) electrons. The largest absolute Gasteiger partial charge is 0.346 e. The van der Waals surface area contributed by atoms with Crippen molar-refractivity contribution in [3.8, 4) is 0 Å². The van der Waals surface area contributed by atoms with E-state index in [0.717, 1.165) is 16.7 Å². The Bertz CT molecular complexity index is 894. The third kappa shape index (κ3) is 3.46. The maximum Gasteiger partial charge on any atom is 0.346 e. The summed E-state index contributed by atoms with van der Waals surface area (Å²) >= 11 is 1.13. The van der Waals surface area contributed by atoms with Gasteiger partial charge < -0.3 is 4.90 Å². The molecule has 27 heavy (non-hydrogen) atoms. The van der Waals surface area contributed by atoms with E-state index in [0.29, 0.717) is 22.1 Å². The van der Waals surface area contributed by atoms with Gasteiger partial charge >= 0.3 is 6.03 Å². The van der Waals surface area contributed by atoms with Gasteiger partial charge in [0.1, 0.15) is 0 Å². The Morgan fingerprint density at radius 3 is 2.15 bits per heavy atom. The highest BCUT2D eigenvalue weighted by Crippen LogP contribution is 2.28. The summed E-state index contributed by atoms with van der Waals surface area (Å²) in [4.78, 5) is 44.4. The van der Waals surface area contributed by atoms with Crippen LogP contribution in [0.1, 0.15) is 47.3 Å². The molecule has 0 saturated heterocycles. The lowest BCUT2D eigenvalue weighted by Crippen LogP contribution is -2.31. The van der Waals surface area contributed by atoms with Crippen LogP contribution in [0.15, 0.2) is 29.4 Å². The SMILES string of the molecule is CN(C)C(=O)n1nc(C(C)(C)C)nc1SCN1C(=O)c2ccccc2C1=O. The van der Waals surface area contributed by atoms with Crippen molar-refractivity contribution in [2.24, 2.45) is 0 Å². The number of imide groups is 1. The average molecular weight is 387 g/mol. The fourth-order valence-electron chi connectivity index (χ4n) is 2.50. The van der Waals surface area contributed by atoms with E-state index in [1.807, 2.05) is 20.8 Å². The standard InChI is InChI=1S/C18H21N5O3S/c1-18(2,3)15-19-16(23(20-15)17(26)21(4)5)27-10-22-13(24)11-8-6-7-9-12(11)14(22)25/h6-9H,10H2,1-5H3. The minimum Gasteiger partial charge on any atom is -0.329 e. The van der Waals surface area contributed by atoms with E-state index in [2.05, 4.69) is 10.1 Å². The number of nitrogens with zero attached hydrogens (tertiary/aromatic N) is 5. The van der Waals surface area contributed by atoms with Gasteiger partial charge in [-0.25, -0.2) is 9.78 Å². The van der Waals surface area contributed by atoms with Crippen LogP contribution in [0.5, 0.6) is 0 Å². The van der Waals surface area contributed by atoms with Crippen LogP contribution in [-0.2, 0) is 5.41 Å². The zero-order valence-electron chi connectivity index (χ0n) is 15.9. The summed E-state index contributed by atoms with van der Waals surface area (Å²) < 4.78 is 1.21. The quantitative estimate of drug-likeness (QED) is 0.594. The molecule has 8 nitrogen and oxygen atoms in total. The van der Waals surface area contributed by atoms with Crippen LogP contribution in [0.2, 0.25) is 0 Å². The van der Waals surface area contributed by atoms with Crippen molar-refractivity contribution in [3.63, 3.8) is 0 Å². The lowest BCUT2D eigenvalue weighted by atomic mass is 9.96. The number of hydrogen-bond acceptors (Lipinski definition) is 6. The first-order chi connectivity index (χ1) is 12.6. The highest BCUT2D eigenvalue weighted by atomic mass is 32.2. The monoisotopic (exact) mass is 387 g/mol. The Labute approximate surface area is 161 Å². The summed E-state index contributed by atoms with van der Waals surface area (Å²) in [5.74, 6) is -0.120. The molecule has 0 atom stereocenters. The molecule has 0 spiro atoms. The molecule has 0 N–H and O–H groups in total. The molecule has 1 aromatic carbocycles. The molecule has 0 aliphatic carbocycles. The molecular weight excluding hydrogens is 366 g/mol. The number of rotatable bonds is 3. The normalized spacial score (nSPS) is 13.9. The van der Waals surface area contributed by atoms with Crippen LogP contribution < -0.4 is 0 Å². The van der Waals surface area contributed by atoms with Gasteiger partial charge in [0.05, 0.1) is 17.0 Å². The Kier molecular flexibility index (Phi) is 4.81. The van der Waals surface area contributed by atoms with E-state index in [9.17, 15) is 14.4 Å². The summed E-state index contributed by atoms with van der Waals surface area (Å²) in [5, 5.41) is 4.67. The van der Waals surface area contributed by atoms with Gasteiger partial charge in [-0.1, -0.05) is 44.7 Å². The predicted octanol–water partition coefficient (Wildman–Crippen LogP) is 2.45. The number of amides is 3. The van der Waals surface area contributed by atoms with Crippen LogP contribution in [0.3, 0.4) is 0 Å². The van der Waals surface area contributed by atoms with Gasteiger partial charge in [-0.05, 0) is 12.1 Å². The van der Waals surface area contributed by atoms with Gasteiger partial charge in [0.25, 0.3) is 11.8 Å². The summed E-state index contributed by atoms with van der Waals surface area (Å²) in [6.45, 7) is 5.85. The molecule has 3 amide bonds. The number of thioether (sulfide) groups is 1. The molecule has 1 aliphatic rings. The van der Waals surface area contributed by atoms with Crippen LogP contribution in [0.4, 0.5) is 4.79 Å². The summed E-state index contributed by atoms with van der Waals surface area (Å²) in [6.07, 6.45) is 0. The van der Waals surface area contributed by atoms with E-state index in [1.54, 1.807) is 38.4 Å². The van der Waals surface area contributed by atoms with E-state index < -0.39 is 0 Å². The zero-order chi connectivity index (χ0) is 19.9. The van der Waals surface area contributed by atoms with Gasteiger partial charge in [0, 0.05) is 19.5 Å². The van der Waals surface area contributed by atoms with E-state index in [1.165, 1.54) is 9.58 Å². The second kappa shape index (κ2) is 6.80. The van der Waals surface area contributed by atoms with Crippen LogP contribution in [0.25, 0.3) is 0 Å². The van der Waals surface area contributed by atoms with Gasteiger partial charge in [-0.3, -0.25) is 14.5 Å². The molecule has 3 rings (SSSR count). The number of benzene rings is 1. The van der Waals surface area contributed by atoms with Crippen LogP contribution in [0, 0.1) is 0 Å². The molecule has 2 heterocycles. The molecule has 9 heteroatoms. The third-order valence-electron chi connectivity index (χ3n) is 4.01. The first kappa shape index (κ1) is 19.1. The Hall–Kier alpha value is -2.68. The summed E-state index contributed by atoms with van der Waals surface area (Å²) in [5.41, 5.74) is 0.441. The maximum absolute atomic E-state index is 12.5. The van der Waals surface area contributed by atoms with Crippen LogP contribution in [-0.4, -0.2) is 62.4 Å². The minimum atomic E-state index is -0.345. The van der Waals surface area contributed by atoms with Gasteiger partial charge in [-0.15, -0.1) is 5.10 Å². The first-order valence-electron chi connectivity index (χ1n) is 8.38. The van der Waals surface area contributed by atoms with E-state index in [-0.39, 0.29) is 29.1 Å². The van der Waals surface area contributed by atoms with Crippen molar-refractivity contribution in [1.82, 2.24) is 24.6 Å². The fourth-order valence-corrected chi connectivity index (χ4v) is 3.37. The Morgan fingerprint density at radius 2 is 1.67 bits per heavy atom. The van der Waals surface area contributed by atoms with Gasteiger partial charge in [0.2, 0.25) is 0 Å². The fraction of sp³-hybridized carbons (Fsp3) is 0.389. The Morgan fingerprint density at radius 1 is 1.11 bits per heavy atom. The molecule has 1 aliphatic heterocycles. The number of carbonyl (C=O) groups is 3. The van der Waals surface area contributed by atoms with Crippen molar-refractivity contribution in [2.75, 3.05) is 20.0 Å². The number of hydrogen-bond donors (Lipinski definition) is 0. The molecule has 1 aromatic heterocycles. The number of aromatic nitrogens is 3. The molecule has 0 bridgehead atoms. The van der Waals surface area contributed by atoms with Crippen molar-refractivity contribution in [3.05, 3.63) is 41.2 Å². The molecule has 0 fully saturated rings. The molecule has 0 unspecified atom stereocenters. The van der Waals surface area contributed by atoms with Crippen molar-refractivity contribution in [2.45, 2.75) is 31.3 Å². The lowest BCUT2D eigenvalue weighted by molar-refractivity contribution is 0.0684. The number of carbonyl (C=O) groups excluding carboxylic acids is 3. The molecule has 0 saturated carbocycles. The zero-order valence-corrected chi connectivity index (χ0v) is 16.7. The van der Waals surface area contributed by atoms with Crippen LogP contribution >= 0.6 is 11.8 Å². The topological polar surface area (TPSA) is 88.4 Å². The minimum absolute atomic E-state index is 0.0509. The highest BCUT2D eigenvalue weighted by molar-refractivity contribution is 7.99. The second-order valence-corrected chi connectivity index (χ2v) is 8.33. The van der Waals surface area contributed by atoms with Gasteiger partial charge in [0.15, 0.2) is 11.0 Å². The second-order valence-electron chi connectivity index (χ2n) is 7.41. The van der Waals surface area contributed by atoms with Crippen molar-refractivity contribution < 1.29 is 14.4 Å².